The first-order chi connectivity index (χ1) is 9.24. The van der Waals surface area contributed by atoms with Gasteiger partial charge in [0.05, 0.1) is 0 Å². The van der Waals surface area contributed by atoms with Crippen LogP contribution in [0.25, 0.3) is 0 Å². The Kier molecular flexibility index (Phi) is 14.0. The predicted molar refractivity (Wildman–Crippen MR) is 91.2 cm³/mol. The van der Waals surface area contributed by atoms with Crippen molar-refractivity contribution >= 4 is 52.5 Å². The molecule has 20 heavy (non-hydrogen) atoms. The first-order valence-electron chi connectivity index (χ1n) is 6.05. The Morgan fingerprint density at radius 1 is 1.20 bits per heavy atom. The summed E-state index contributed by atoms with van der Waals surface area (Å²) in [7, 11) is 0. The van der Waals surface area contributed by atoms with Crippen molar-refractivity contribution in [2.75, 3.05) is 12.9 Å². The second kappa shape index (κ2) is 12.6. The lowest BCUT2D eigenvalue weighted by molar-refractivity contribution is -0.140. The molecule has 0 saturated carbocycles. The van der Waals surface area contributed by atoms with Crippen LogP contribution in [0.5, 0.6) is 0 Å². The molecule has 1 aromatic rings. The lowest BCUT2D eigenvalue weighted by Gasteiger charge is -2.08. The number of ether oxygens (including phenoxy) is 1. The van der Waals surface area contributed by atoms with Crippen LogP contribution in [0.3, 0.4) is 0 Å². The first kappa shape index (κ1) is 22.2. The molecule has 0 aliphatic carbocycles. The van der Waals surface area contributed by atoms with Crippen molar-refractivity contribution in [2.45, 2.75) is 36.4 Å². The lowest BCUT2D eigenvalue weighted by atomic mass is 10.2. The Hall–Kier alpha value is -0.0900. The van der Waals surface area contributed by atoms with Gasteiger partial charge in [-0.3, -0.25) is 4.79 Å². The number of rotatable bonds is 2. The summed E-state index contributed by atoms with van der Waals surface area (Å²) in [4.78, 5) is 11.4. The van der Waals surface area contributed by atoms with Gasteiger partial charge < -0.3 is 4.74 Å². The van der Waals surface area contributed by atoms with Crippen molar-refractivity contribution in [2.24, 2.45) is 0 Å². The molecule has 0 amide bonds. The zero-order valence-electron chi connectivity index (χ0n) is 12.4. The number of esters is 1. The van der Waals surface area contributed by atoms with Crippen LogP contribution in [0.2, 0.25) is 0 Å². The molecule has 1 rings (SSSR count). The topological polar surface area (TPSA) is 26.3 Å². The van der Waals surface area contributed by atoms with Crippen molar-refractivity contribution in [1.82, 2.24) is 0 Å². The van der Waals surface area contributed by atoms with Crippen LogP contribution < -0.4 is 0 Å². The molecular weight excluding hydrogens is 339 g/mol. The molecule has 2 nitrogen and oxygen atoms in total. The Bertz CT molecular complexity index is 362. The van der Waals surface area contributed by atoms with E-state index in [1.54, 1.807) is 11.8 Å². The summed E-state index contributed by atoms with van der Waals surface area (Å²) < 4.78 is 2.88. The number of carbonyl (C=O) groups is 1. The summed E-state index contributed by atoms with van der Waals surface area (Å²) in [6, 6.07) is 8.54. The third-order valence-electron chi connectivity index (χ3n) is 1.70. The number of thioether (sulfide) groups is 1. The maximum Gasteiger partial charge on any atom is 0.302 e. The number of halogens is 3. The van der Waals surface area contributed by atoms with E-state index in [9.17, 15) is 4.79 Å². The van der Waals surface area contributed by atoms with Gasteiger partial charge >= 0.3 is 5.97 Å². The molecule has 116 valence electrons. The molecule has 0 aliphatic rings. The predicted octanol–water partition coefficient (Wildman–Crippen LogP) is 5.66. The van der Waals surface area contributed by atoms with E-state index < -0.39 is 9.76 Å². The highest BCUT2D eigenvalue weighted by Gasteiger charge is 2.20. The number of hydrogen-bond donors (Lipinski definition) is 0. The van der Waals surface area contributed by atoms with Crippen molar-refractivity contribution in [3.8, 4) is 0 Å². The third-order valence-corrected chi connectivity index (χ3v) is 2.77. The van der Waals surface area contributed by atoms with E-state index in [1.165, 1.54) is 17.4 Å². The van der Waals surface area contributed by atoms with Gasteiger partial charge in [-0.1, -0.05) is 66.3 Å². The van der Waals surface area contributed by atoms with E-state index in [0.29, 0.717) is 0 Å². The Labute approximate surface area is 141 Å². The second-order valence-corrected chi connectivity index (χ2v) is 6.81. The number of benzene rings is 1. The average Bonchev–Trinajstić information content (AvgIpc) is 2.40. The molecule has 1 aromatic carbocycles. The van der Waals surface area contributed by atoms with Crippen LogP contribution in [0.4, 0.5) is 0 Å². The summed E-state index contributed by atoms with van der Waals surface area (Å²) in [6.07, 6.45) is 2.09. The highest BCUT2D eigenvalue weighted by atomic mass is 35.6. The van der Waals surface area contributed by atoms with E-state index in [0.717, 1.165) is 0 Å². The number of carbonyl (C=O) groups excluding carboxylic acids is 1. The molecule has 0 aliphatic heterocycles. The van der Waals surface area contributed by atoms with Crippen LogP contribution in [0.15, 0.2) is 29.2 Å². The Balaban J connectivity index is 0. The lowest BCUT2D eigenvalue weighted by Crippen LogP contribution is -2.15. The van der Waals surface area contributed by atoms with Crippen LogP contribution in [-0.2, 0) is 9.53 Å². The van der Waals surface area contributed by atoms with Crippen molar-refractivity contribution in [3.05, 3.63) is 29.8 Å². The van der Waals surface area contributed by atoms with Gasteiger partial charge in [0, 0.05) is 11.8 Å². The summed E-state index contributed by atoms with van der Waals surface area (Å²) in [5.41, 5.74) is 1.33. The summed E-state index contributed by atoms with van der Waals surface area (Å²) in [5, 5.41) is 0. The quantitative estimate of drug-likeness (QED) is 0.387. The number of alkyl halides is 3. The Morgan fingerprint density at radius 2 is 1.65 bits per heavy atom. The fourth-order valence-electron chi connectivity index (χ4n) is 0.858. The summed E-state index contributed by atoms with van der Waals surface area (Å²) in [6.45, 7) is 7.15. The van der Waals surface area contributed by atoms with Gasteiger partial charge in [-0.25, -0.2) is 0 Å². The van der Waals surface area contributed by atoms with Crippen LogP contribution in [-0.4, -0.2) is 22.6 Å². The van der Waals surface area contributed by atoms with Gasteiger partial charge in [0.25, 0.3) is 0 Å². The zero-order valence-corrected chi connectivity index (χ0v) is 15.5. The monoisotopic (exact) mass is 358 g/mol. The van der Waals surface area contributed by atoms with Gasteiger partial charge in [0.2, 0.25) is 3.79 Å². The van der Waals surface area contributed by atoms with Gasteiger partial charge in [0.1, 0.15) is 6.61 Å². The number of aryl methyl sites for hydroxylation is 1. The standard InChI is InChI=1S/C8H10S.C4H5Cl3O2.C2H6/c1-7-3-5-8(9-2)6-4-7;1-3(8)9-2-4(5,6)7;1-2/h3-6H,1-2H3;2H2,1H3;1-2H3. The van der Waals surface area contributed by atoms with Crippen LogP contribution in [0.1, 0.15) is 26.3 Å². The van der Waals surface area contributed by atoms with Crippen LogP contribution in [0, 0.1) is 6.92 Å². The van der Waals surface area contributed by atoms with E-state index in [1.807, 2.05) is 13.8 Å². The van der Waals surface area contributed by atoms with Gasteiger partial charge in [-0.15, -0.1) is 11.8 Å². The second-order valence-electron chi connectivity index (χ2n) is 3.41. The minimum Gasteiger partial charge on any atom is -0.461 e. The molecule has 0 aromatic heterocycles. The van der Waals surface area contributed by atoms with Crippen LogP contribution >= 0.6 is 46.6 Å². The molecule has 0 heterocycles. The molecule has 0 atom stereocenters. The molecule has 0 unspecified atom stereocenters. The van der Waals surface area contributed by atoms with E-state index in [2.05, 4.69) is 42.2 Å². The third kappa shape index (κ3) is 16.0. The molecule has 6 heteroatoms. The SMILES string of the molecule is CC.CC(=O)OCC(Cl)(Cl)Cl.CSc1ccc(C)cc1. The first-order valence-corrected chi connectivity index (χ1v) is 8.41. The van der Waals surface area contributed by atoms with E-state index in [4.69, 9.17) is 34.8 Å². The Morgan fingerprint density at radius 3 is 1.90 bits per heavy atom. The molecule has 0 fully saturated rings. The maximum absolute atomic E-state index is 10.1. The maximum atomic E-state index is 10.1. The number of hydrogen-bond acceptors (Lipinski definition) is 3. The largest absolute Gasteiger partial charge is 0.461 e. The molecule has 0 radical (unpaired) electrons. The summed E-state index contributed by atoms with van der Waals surface area (Å²) in [5.74, 6) is -0.457. The molecule has 0 spiro atoms. The molecule has 0 N–H and O–H groups in total. The van der Waals surface area contributed by atoms with Crippen molar-refractivity contribution in [3.63, 3.8) is 0 Å². The van der Waals surface area contributed by atoms with Gasteiger partial charge in [-0.2, -0.15) is 0 Å². The fraction of sp³-hybridized carbons (Fsp3) is 0.500. The molecular formula is C14H21Cl3O2S. The van der Waals surface area contributed by atoms with E-state index >= 15 is 0 Å². The minimum absolute atomic E-state index is 0.201. The van der Waals surface area contributed by atoms with Gasteiger partial charge in [-0.05, 0) is 25.3 Å². The van der Waals surface area contributed by atoms with E-state index in [-0.39, 0.29) is 6.61 Å². The van der Waals surface area contributed by atoms with Crippen molar-refractivity contribution < 1.29 is 9.53 Å². The normalized spacial score (nSPS) is 9.60. The minimum atomic E-state index is -1.49. The molecule has 0 bridgehead atoms. The average molecular weight is 360 g/mol. The molecule has 0 saturated heterocycles. The summed E-state index contributed by atoms with van der Waals surface area (Å²) >= 11 is 17.5. The van der Waals surface area contributed by atoms with Crippen molar-refractivity contribution in [1.29, 1.82) is 0 Å². The highest BCUT2D eigenvalue weighted by Crippen LogP contribution is 2.25. The zero-order chi connectivity index (χ0) is 16.2. The highest BCUT2D eigenvalue weighted by molar-refractivity contribution is 7.98. The van der Waals surface area contributed by atoms with Gasteiger partial charge in [0.15, 0.2) is 0 Å². The smallest absolute Gasteiger partial charge is 0.302 e. The fourth-order valence-corrected chi connectivity index (χ4v) is 1.43.